The third-order valence-corrected chi connectivity index (χ3v) is 5.56. The number of nitrogens with zero attached hydrogens (tertiary/aromatic N) is 1. The molecule has 1 heterocycles. The Hall–Kier alpha value is -0.0800. The van der Waals surface area contributed by atoms with Crippen molar-refractivity contribution < 1.29 is 0 Å². The van der Waals surface area contributed by atoms with Crippen molar-refractivity contribution in [3.05, 3.63) is 0 Å². The summed E-state index contributed by atoms with van der Waals surface area (Å²) in [5, 5.41) is 3.84. The molecule has 0 bridgehead atoms. The van der Waals surface area contributed by atoms with E-state index in [0.717, 1.165) is 17.9 Å². The molecular formula is C18H36N2. The summed E-state index contributed by atoms with van der Waals surface area (Å²) in [4.78, 5) is 2.72. The molecule has 1 saturated heterocycles. The molecule has 2 heteroatoms. The molecule has 1 aliphatic heterocycles. The SMILES string of the molecule is CCCNC1CCC(C(C)(C)C)CC1CN1CCCC1. The Morgan fingerprint density at radius 1 is 1.10 bits per heavy atom. The molecule has 0 aromatic rings. The summed E-state index contributed by atoms with van der Waals surface area (Å²) in [7, 11) is 0. The minimum atomic E-state index is 0.485. The fourth-order valence-corrected chi connectivity index (χ4v) is 4.15. The molecule has 118 valence electrons. The van der Waals surface area contributed by atoms with Crippen LogP contribution in [0, 0.1) is 17.3 Å². The molecule has 20 heavy (non-hydrogen) atoms. The number of rotatable bonds is 5. The Morgan fingerprint density at radius 2 is 1.80 bits per heavy atom. The van der Waals surface area contributed by atoms with Gasteiger partial charge in [0.05, 0.1) is 0 Å². The minimum absolute atomic E-state index is 0.485. The molecule has 0 aromatic heterocycles. The summed E-state index contributed by atoms with van der Waals surface area (Å²) in [6.07, 6.45) is 8.34. The molecule has 2 fully saturated rings. The molecule has 1 N–H and O–H groups in total. The average molecular weight is 280 g/mol. The number of hydrogen-bond acceptors (Lipinski definition) is 2. The van der Waals surface area contributed by atoms with E-state index in [1.54, 1.807) is 0 Å². The second-order valence-electron chi connectivity index (χ2n) is 8.20. The first-order chi connectivity index (χ1) is 9.50. The van der Waals surface area contributed by atoms with Crippen molar-refractivity contribution in [2.45, 2.75) is 72.3 Å². The van der Waals surface area contributed by atoms with Crippen LogP contribution in [0.25, 0.3) is 0 Å². The van der Waals surface area contributed by atoms with Gasteiger partial charge < -0.3 is 10.2 Å². The highest BCUT2D eigenvalue weighted by molar-refractivity contribution is 4.90. The quantitative estimate of drug-likeness (QED) is 0.821. The smallest absolute Gasteiger partial charge is 0.0108 e. The highest BCUT2D eigenvalue weighted by Gasteiger charge is 2.36. The molecule has 1 saturated carbocycles. The van der Waals surface area contributed by atoms with E-state index in [1.807, 2.05) is 0 Å². The molecule has 0 amide bonds. The van der Waals surface area contributed by atoms with Crippen molar-refractivity contribution in [3.63, 3.8) is 0 Å². The summed E-state index contributed by atoms with van der Waals surface area (Å²) in [6, 6.07) is 0.772. The third-order valence-electron chi connectivity index (χ3n) is 5.56. The first-order valence-corrected chi connectivity index (χ1v) is 8.96. The molecule has 2 nitrogen and oxygen atoms in total. The maximum Gasteiger partial charge on any atom is 0.0108 e. The van der Waals surface area contributed by atoms with Gasteiger partial charge in [0.15, 0.2) is 0 Å². The Kier molecular flexibility index (Phi) is 5.92. The summed E-state index contributed by atoms with van der Waals surface area (Å²) in [5.41, 5.74) is 0.485. The Morgan fingerprint density at radius 3 is 2.40 bits per heavy atom. The summed E-state index contributed by atoms with van der Waals surface area (Å²) >= 11 is 0. The van der Waals surface area contributed by atoms with Gasteiger partial charge in [0, 0.05) is 12.6 Å². The van der Waals surface area contributed by atoms with E-state index in [-0.39, 0.29) is 0 Å². The van der Waals surface area contributed by atoms with E-state index in [2.05, 4.69) is 37.9 Å². The van der Waals surface area contributed by atoms with Crippen molar-refractivity contribution in [2.24, 2.45) is 17.3 Å². The van der Waals surface area contributed by atoms with Crippen LogP contribution in [0.5, 0.6) is 0 Å². The van der Waals surface area contributed by atoms with Crippen LogP contribution in [0.15, 0.2) is 0 Å². The minimum Gasteiger partial charge on any atom is -0.314 e. The molecule has 2 rings (SSSR count). The van der Waals surface area contributed by atoms with Crippen LogP contribution in [0.3, 0.4) is 0 Å². The maximum absolute atomic E-state index is 3.84. The predicted octanol–water partition coefficient (Wildman–Crippen LogP) is 3.91. The van der Waals surface area contributed by atoms with Gasteiger partial charge in [-0.15, -0.1) is 0 Å². The van der Waals surface area contributed by atoms with Crippen LogP contribution >= 0.6 is 0 Å². The van der Waals surface area contributed by atoms with Gasteiger partial charge in [-0.05, 0) is 75.4 Å². The maximum atomic E-state index is 3.84. The molecule has 3 unspecified atom stereocenters. The van der Waals surface area contributed by atoms with E-state index < -0.39 is 0 Å². The Labute approximate surface area is 126 Å². The fourth-order valence-electron chi connectivity index (χ4n) is 4.15. The molecule has 1 aliphatic carbocycles. The van der Waals surface area contributed by atoms with Gasteiger partial charge in [-0.2, -0.15) is 0 Å². The van der Waals surface area contributed by atoms with Crippen molar-refractivity contribution in [2.75, 3.05) is 26.2 Å². The number of hydrogen-bond donors (Lipinski definition) is 1. The van der Waals surface area contributed by atoms with Crippen LogP contribution < -0.4 is 5.32 Å². The van der Waals surface area contributed by atoms with Gasteiger partial charge in [-0.1, -0.05) is 27.7 Å². The standard InChI is InChI=1S/C18H36N2/c1-5-10-19-17-9-8-16(18(2,3)4)13-15(17)14-20-11-6-7-12-20/h15-17,19H,5-14H2,1-4H3. The fraction of sp³-hybridized carbons (Fsp3) is 1.00. The lowest BCUT2D eigenvalue weighted by Crippen LogP contribution is -2.47. The lowest BCUT2D eigenvalue weighted by Gasteiger charge is -2.43. The summed E-state index contributed by atoms with van der Waals surface area (Å²) < 4.78 is 0. The summed E-state index contributed by atoms with van der Waals surface area (Å²) in [6.45, 7) is 14.8. The van der Waals surface area contributed by atoms with E-state index in [0.29, 0.717) is 5.41 Å². The molecule has 0 radical (unpaired) electrons. The highest BCUT2D eigenvalue weighted by Crippen LogP contribution is 2.40. The molecule has 2 aliphatic rings. The molecule has 0 aromatic carbocycles. The van der Waals surface area contributed by atoms with E-state index >= 15 is 0 Å². The zero-order chi connectivity index (χ0) is 14.6. The van der Waals surface area contributed by atoms with Gasteiger partial charge in [-0.3, -0.25) is 0 Å². The first kappa shape index (κ1) is 16.3. The van der Waals surface area contributed by atoms with Crippen molar-refractivity contribution >= 4 is 0 Å². The second-order valence-corrected chi connectivity index (χ2v) is 8.20. The lowest BCUT2D eigenvalue weighted by atomic mass is 9.67. The van der Waals surface area contributed by atoms with E-state index in [4.69, 9.17) is 0 Å². The van der Waals surface area contributed by atoms with Crippen LogP contribution in [-0.2, 0) is 0 Å². The largest absolute Gasteiger partial charge is 0.314 e. The van der Waals surface area contributed by atoms with Crippen LogP contribution in [-0.4, -0.2) is 37.1 Å². The first-order valence-electron chi connectivity index (χ1n) is 8.96. The topological polar surface area (TPSA) is 15.3 Å². The summed E-state index contributed by atoms with van der Waals surface area (Å²) in [5.74, 6) is 1.78. The zero-order valence-corrected chi connectivity index (χ0v) is 14.3. The monoisotopic (exact) mass is 280 g/mol. The van der Waals surface area contributed by atoms with Gasteiger partial charge in [0.1, 0.15) is 0 Å². The molecule has 0 spiro atoms. The lowest BCUT2D eigenvalue weighted by molar-refractivity contribution is 0.0931. The van der Waals surface area contributed by atoms with Crippen LogP contribution in [0.2, 0.25) is 0 Å². The molecular weight excluding hydrogens is 244 g/mol. The average Bonchev–Trinajstić information content (AvgIpc) is 2.89. The van der Waals surface area contributed by atoms with Crippen molar-refractivity contribution in [1.29, 1.82) is 0 Å². The molecule has 3 atom stereocenters. The second kappa shape index (κ2) is 7.26. The van der Waals surface area contributed by atoms with Crippen molar-refractivity contribution in [1.82, 2.24) is 10.2 Å². The van der Waals surface area contributed by atoms with Gasteiger partial charge in [0.25, 0.3) is 0 Å². The Bertz CT molecular complexity index is 276. The van der Waals surface area contributed by atoms with Gasteiger partial charge >= 0.3 is 0 Å². The van der Waals surface area contributed by atoms with Gasteiger partial charge in [0.2, 0.25) is 0 Å². The van der Waals surface area contributed by atoms with Gasteiger partial charge in [-0.25, -0.2) is 0 Å². The van der Waals surface area contributed by atoms with E-state index in [9.17, 15) is 0 Å². The number of nitrogens with one attached hydrogen (secondary N) is 1. The van der Waals surface area contributed by atoms with Crippen molar-refractivity contribution in [3.8, 4) is 0 Å². The normalized spacial score (nSPS) is 32.7. The number of likely N-dealkylation sites (tertiary alicyclic amines) is 1. The van der Waals surface area contributed by atoms with E-state index in [1.165, 1.54) is 64.7 Å². The van der Waals surface area contributed by atoms with Crippen LogP contribution in [0.1, 0.15) is 66.2 Å². The third kappa shape index (κ3) is 4.46. The highest BCUT2D eigenvalue weighted by atomic mass is 15.1. The predicted molar refractivity (Wildman–Crippen MR) is 88.0 cm³/mol. The van der Waals surface area contributed by atoms with Crippen LogP contribution in [0.4, 0.5) is 0 Å². The Balaban J connectivity index is 1.94. The zero-order valence-electron chi connectivity index (χ0n) is 14.3.